The molecular formula is C20H31N5O2. The third-order valence-corrected chi connectivity index (χ3v) is 6.12. The van der Waals surface area contributed by atoms with Gasteiger partial charge in [-0.25, -0.2) is 9.97 Å². The second-order valence-corrected chi connectivity index (χ2v) is 7.91. The summed E-state index contributed by atoms with van der Waals surface area (Å²) >= 11 is 0. The number of hydrogen-bond donors (Lipinski definition) is 0. The van der Waals surface area contributed by atoms with Crippen LogP contribution < -0.4 is 9.80 Å². The quantitative estimate of drug-likeness (QED) is 0.804. The molecule has 2 saturated heterocycles. The zero-order chi connectivity index (χ0) is 18.5. The van der Waals surface area contributed by atoms with Crippen LogP contribution in [0.3, 0.4) is 0 Å². The van der Waals surface area contributed by atoms with Crippen LogP contribution >= 0.6 is 0 Å². The van der Waals surface area contributed by atoms with Gasteiger partial charge in [-0.3, -0.25) is 4.79 Å². The highest BCUT2D eigenvalue weighted by molar-refractivity contribution is 5.76. The molecule has 1 aromatic rings. The van der Waals surface area contributed by atoms with E-state index in [1.54, 1.807) is 6.33 Å². The van der Waals surface area contributed by atoms with Crippen LogP contribution in [0.5, 0.6) is 0 Å². The maximum Gasteiger partial charge on any atom is 0.222 e. The van der Waals surface area contributed by atoms with E-state index in [2.05, 4.69) is 30.7 Å². The molecule has 27 heavy (non-hydrogen) atoms. The highest BCUT2D eigenvalue weighted by Gasteiger charge is 2.25. The summed E-state index contributed by atoms with van der Waals surface area (Å²) in [5.74, 6) is 2.89. The van der Waals surface area contributed by atoms with E-state index in [1.807, 2.05) is 0 Å². The zero-order valence-corrected chi connectivity index (χ0v) is 16.2. The molecule has 1 aliphatic carbocycles. The summed E-state index contributed by atoms with van der Waals surface area (Å²) in [5, 5.41) is 0. The van der Waals surface area contributed by atoms with Crippen molar-refractivity contribution in [3.63, 3.8) is 0 Å². The Morgan fingerprint density at radius 2 is 1.56 bits per heavy atom. The fourth-order valence-corrected chi connectivity index (χ4v) is 4.43. The van der Waals surface area contributed by atoms with Crippen molar-refractivity contribution in [1.29, 1.82) is 0 Å². The van der Waals surface area contributed by atoms with Crippen molar-refractivity contribution in [3.05, 3.63) is 12.4 Å². The molecule has 1 saturated carbocycles. The molecule has 0 bridgehead atoms. The van der Waals surface area contributed by atoms with E-state index in [9.17, 15) is 4.79 Å². The molecule has 1 amide bonds. The molecule has 3 aliphatic rings. The van der Waals surface area contributed by atoms with E-state index in [0.717, 1.165) is 70.5 Å². The summed E-state index contributed by atoms with van der Waals surface area (Å²) in [6, 6.07) is 2.07. The Hall–Kier alpha value is -1.89. The van der Waals surface area contributed by atoms with Gasteiger partial charge in [0.15, 0.2) is 0 Å². The number of hydrogen-bond acceptors (Lipinski definition) is 6. The molecule has 3 heterocycles. The smallest absolute Gasteiger partial charge is 0.222 e. The zero-order valence-electron chi connectivity index (χ0n) is 16.2. The molecule has 0 N–H and O–H groups in total. The van der Waals surface area contributed by atoms with Gasteiger partial charge in [0.25, 0.3) is 0 Å². The van der Waals surface area contributed by atoms with Crippen LogP contribution in [0.25, 0.3) is 0 Å². The predicted octanol–water partition coefficient (Wildman–Crippen LogP) is 1.93. The van der Waals surface area contributed by atoms with Crippen LogP contribution in [0.4, 0.5) is 11.6 Å². The van der Waals surface area contributed by atoms with Crippen molar-refractivity contribution in [2.45, 2.75) is 38.5 Å². The molecule has 7 heteroatoms. The van der Waals surface area contributed by atoms with Crippen LogP contribution in [-0.2, 0) is 9.53 Å². The number of anilines is 2. The number of carbonyl (C=O) groups is 1. The first-order chi connectivity index (χ1) is 13.3. The van der Waals surface area contributed by atoms with Crippen molar-refractivity contribution in [2.24, 2.45) is 5.92 Å². The van der Waals surface area contributed by atoms with Crippen LogP contribution in [0.1, 0.15) is 38.5 Å². The van der Waals surface area contributed by atoms with E-state index >= 15 is 0 Å². The van der Waals surface area contributed by atoms with E-state index in [4.69, 9.17) is 4.74 Å². The predicted molar refractivity (Wildman–Crippen MR) is 105 cm³/mol. The standard InChI is InChI=1S/C20H31N5O2/c26-20(14-17-4-2-1-3-5-17)25-8-6-23(7-9-25)18-15-19(22-16-21-18)24-10-12-27-13-11-24/h15-17H,1-14H2. The van der Waals surface area contributed by atoms with Crippen molar-refractivity contribution >= 4 is 17.5 Å². The summed E-state index contributed by atoms with van der Waals surface area (Å²) in [7, 11) is 0. The molecule has 1 aromatic heterocycles. The van der Waals surface area contributed by atoms with Gasteiger partial charge in [0, 0.05) is 51.8 Å². The molecule has 7 nitrogen and oxygen atoms in total. The number of nitrogens with zero attached hydrogens (tertiary/aromatic N) is 5. The third-order valence-electron chi connectivity index (χ3n) is 6.12. The highest BCUT2D eigenvalue weighted by atomic mass is 16.5. The van der Waals surface area contributed by atoms with Gasteiger partial charge in [0.2, 0.25) is 5.91 Å². The number of piperazine rings is 1. The van der Waals surface area contributed by atoms with Crippen molar-refractivity contribution in [1.82, 2.24) is 14.9 Å². The van der Waals surface area contributed by atoms with Crippen molar-refractivity contribution in [2.75, 3.05) is 62.3 Å². The van der Waals surface area contributed by atoms with Gasteiger partial charge in [-0.2, -0.15) is 0 Å². The number of ether oxygens (including phenoxy) is 1. The maximum atomic E-state index is 12.6. The molecule has 0 spiro atoms. The highest BCUT2D eigenvalue weighted by Crippen LogP contribution is 2.27. The van der Waals surface area contributed by atoms with E-state index in [-0.39, 0.29) is 0 Å². The Labute approximate surface area is 161 Å². The van der Waals surface area contributed by atoms with Gasteiger partial charge >= 0.3 is 0 Å². The van der Waals surface area contributed by atoms with Gasteiger partial charge in [-0.1, -0.05) is 19.3 Å². The summed E-state index contributed by atoms with van der Waals surface area (Å²) in [6.07, 6.45) is 8.80. The second-order valence-electron chi connectivity index (χ2n) is 7.91. The third kappa shape index (κ3) is 4.69. The summed E-state index contributed by atoms with van der Waals surface area (Å²) in [4.78, 5) is 28.1. The number of aromatic nitrogens is 2. The lowest BCUT2D eigenvalue weighted by Crippen LogP contribution is -2.49. The fraction of sp³-hybridized carbons (Fsp3) is 0.750. The minimum absolute atomic E-state index is 0.346. The Kier molecular flexibility index (Phi) is 6.07. The maximum absolute atomic E-state index is 12.6. The van der Waals surface area contributed by atoms with Crippen molar-refractivity contribution < 1.29 is 9.53 Å². The summed E-state index contributed by atoms with van der Waals surface area (Å²) in [5.41, 5.74) is 0. The SMILES string of the molecule is O=C(CC1CCCCC1)N1CCN(c2cc(N3CCOCC3)ncn2)CC1. The topological polar surface area (TPSA) is 61.8 Å². The summed E-state index contributed by atoms with van der Waals surface area (Å²) < 4.78 is 5.42. The number of morpholine rings is 1. The normalized spacial score (nSPS) is 22.1. The van der Waals surface area contributed by atoms with Crippen LogP contribution in [-0.4, -0.2) is 73.3 Å². The number of rotatable bonds is 4. The minimum Gasteiger partial charge on any atom is -0.378 e. The Bertz CT molecular complexity index is 621. The second kappa shape index (κ2) is 8.87. The number of carbonyl (C=O) groups excluding carboxylic acids is 1. The average molecular weight is 374 g/mol. The van der Waals surface area contributed by atoms with Gasteiger partial charge < -0.3 is 19.4 Å². The largest absolute Gasteiger partial charge is 0.378 e. The molecule has 2 aliphatic heterocycles. The first kappa shape index (κ1) is 18.5. The van der Waals surface area contributed by atoms with E-state index in [1.165, 1.54) is 32.1 Å². The minimum atomic E-state index is 0.346. The van der Waals surface area contributed by atoms with Gasteiger partial charge in [-0.05, 0) is 18.8 Å². The van der Waals surface area contributed by atoms with Gasteiger partial charge in [0.1, 0.15) is 18.0 Å². The van der Waals surface area contributed by atoms with Gasteiger partial charge in [-0.15, -0.1) is 0 Å². The Morgan fingerprint density at radius 3 is 2.22 bits per heavy atom. The van der Waals surface area contributed by atoms with Gasteiger partial charge in [0.05, 0.1) is 13.2 Å². The van der Waals surface area contributed by atoms with Crippen LogP contribution in [0.2, 0.25) is 0 Å². The van der Waals surface area contributed by atoms with Crippen LogP contribution in [0, 0.1) is 5.92 Å². The lowest BCUT2D eigenvalue weighted by molar-refractivity contribution is -0.132. The van der Waals surface area contributed by atoms with Crippen LogP contribution in [0.15, 0.2) is 12.4 Å². The van der Waals surface area contributed by atoms with Crippen molar-refractivity contribution in [3.8, 4) is 0 Å². The number of amides is 1. The molecule has 0 atom stereocenters. The summed E-state index contributed by atoms with van der Waals surface area (Å²) in [6.45, 7) is 6.53. The van der Waals surface area contributed by atoms with E-state index in [0.29, 0.717) is 11.8 Å². The average Bonchev–Trinajstić information content (AvgIpc) is 2.75. The molecule has 0 aromatic carbocycles. The lowest BCUT2D eigenvalue weighted by Gasteiger charge is -2.36. The molecule has 0 radical (unpaired) electrons. The lowest BCUT2D eigenvalue weighted by atomic mass is 9.86. The molecule has 0 unspecified atom stereocenters. The molecule has 3 fully saturated rings. The Morgan fingerprint density at radius 1 is 0.926 bits per heavy atom. The first-order valence-corrected chi connectivity index (χ1v) is 10.5. The molecule has 148 valence electrons. The molecule has 4 rings (SSSR count). The monoisotopic (exact) mass is 373 g/mol. The first-order valence-electron chi connectivity index (χ1n) is 10.5. The fourth-order valence-electron chi connectivity index (χ4n) is 4.43. The Balaban J connectivity index is 1.30. The molecular weight excluding hydrogens is 342 g/mol. The van der Waals surface area contributed by atoms with E-state index < -0.39 is 0 Å².